The first-order valence-electron chi connectivity index (χ1n) is 14.0. The zero-order valence-corrected chi connectivity index (χ0v) is 33.7. The Morgan fingerprint density at radius 3 is 0.894 bits per heavy atom. The van der Waals surface area contributed by atoms with Gasteiger partial charge in [-0.2, -0.15) is 0 Å². The summed E-state index contributed by atoms with van der Waals surface area (Å²) >= 11 is 0. The molecule has 0 rings (SSSR count). The number of rotatable bonds is 27. The van der Waals surface area contributed by atoms with Crippen molar-refractivity contribution in [3.8, 4) is 0 Å². The molecule has 2 radical (unpaired) electrons. The summed E-state index contributed by atoms with van der Waals surface area (Å²) in [5.41, 5.74) is 23.0. The van der Waals surface area contributed by atoms with Crippen molar-refractivity contribution in [3.63, 3.8) is 0 Å². The second-order valence-corrected chi connectivity index (χ2v) is 9.21. The summed E-state index contributed by atoms with van der Waals surface area (Å²) in [7, 11) is 0. The van der Waals surface area contributed by atoms with Gasteiger partial charge in [0.15, 0.2) is 0 Å². The molecule has 284 valence electrons. The molecule has 0 aromatic rings. The molecule has 0 saturated carbocycles. The molecule has 20 nitrogen and oxygen atoms in total. The van der Waals surface area contributed by atoms with E-state index >= 15 is 0 Å². The average Bonchev–Trinajstić information content (AvgIpc) is 3.06. The van der Waals surface area contributed by atoms with E-state index in [9.17, 15) is 0 Å². The van der Waals surface area contributed by atoms with Gasteiger partial charge in [0.25, 0.3) is 0 Å². The Balaban J connectivity index is -0.000000123. The second-order valence-electron chi connectivity index (χ2n) is 9.21. The number of hydrogen-bond acceptors (Lipinski definition) is 20. The second kappa shape index (κ2) is 45.4. The van der Waals surface area contributed by atoms with E-state index in [2.05, 4.69) is 76.6 Å². The van der Waals surface area contributed by atoms with Crippen molar-refractivity contribution >= 4 is 0 Å². The topological polar surface area (TPSA) is 324 Å². The van der Waals surface area contributed by atoms with Crippen LogP contribution >= 0.6 is 0 Å². The normalized spacial score (nSPS) is 11.1. The smallest absolute Gasteiger partial charge is 0.130 e. The van der Waals surface area contributed by atoms with Crippen LogP contribution in [0, 0.1) is 30.1 Å². The Kier molecular flexibility index (Phi) is 58.5. The molecular weight excluding hydrogens is 788 g/mol. The molecule has 0 saturated heterocycles. The fraction of sp³-hybridized carbons (Fsp3) is 0.920. The van der Waals surface area contributed by atoms with Crippen LogP contribution in [-0.4, -0.2) is 125 Å². The van der Waals surface area contributed by atoms with Crippen LogP contribution < -0.4 is 28.7 Å². The third kappa shape index (κ3) is 41.7. The fourth-order valence-electron chi connectivity index (χ4n) is 1.89. The molecule has 0 unspecified atom stereocenters. The summed E-state index contributed by atoms with van der Waals surface area (Å²) in [5.74, 6) is 0. The van der Waals surface area contributed by atoms with E-state index in [0.29, 0.717) is 13.0 Å². The van der Waals surface area contributed by atoms with Gasteiger partial charge in [0, 0.05) is 72.0 Å². The monoisotopic (exact) mass is 849 g/mol. The van der Waals surface area contributed by atoms with Gasteiger partial charge in [0.05, 0.1) is 70.3 Å². The number of aliphatic hydroxyl groups excluding tert-OH is 5. The van der Waals surface area contributed by atoms with Crippen LogP contribution in [0.15, 0.2) is 0 Å². The van der Waals surface area contributed by atoms with Crippen LogP contribution in [0.25, 0.3) is 0 Å². The third-order valence-corrected chi connectivity index (χ3v) is 5.44. The van der Waals surface area contributed by atoms with Gasteiger partial charge in [-0.25, -0.2) is 48.9 Å². The van der Waals surface area contributed by atoms with Gasteiger partial charge in [-0.3, -0.25) is 5.41 Å². The van der Waals surface area contributed by atoms with E-state index in [1.54, 1.807) is 0 Å². The van der Waals surface area contributed by atoms with Crippen molar-refractivity contribution in [2.75, 3.05) is 99.7 Å². The maximum Gasteiger partial charge on any atom is 0.130 e. The molecule has 0 amide bonds. The van der Waals surface area contributed by atoms with Gasteiger partial charge in [-0.05, 0) is 6.42 Å². The molecule has 0 atom stereocenters. The van der Waals surface area contributed by atoms with Gasteiger partial charge in [0.1, 0.15) is 33.7 Å². The predicted molar refractivity (Wildman–Crippen MR) is 159 cm³/mol. The predicted octanol–water partition coefficient (Wildman–Crippen LogP) is -2.94. The molecule has 0 heterocycles. The van der Waals surface area contributed by atoms with Crippen LogP contribution in [0.1, 0.15) is 33.1 Å². The van der Waals surface area contributed by atoms with E-state index in [1.807, 2.05) is 0 Å². The van der Waals surface area contributed by atoms with Crippen molar-refractivity contribution in [1.29, 1.82) is 0 Å². The molecule has 47 heavy (non-hydrogen) atoms. The molecule has 0 spiro atoms. The Hall–Kier alpha value is 1.41. The Labute approximate surface area is 329 Å². The van der Waals surface area contributed by atoms with Gasteiger partial charge in [-0.1, -0.05) is 13.8 Å². The van der Waals surface area contributed by atoms with E-state index in [1.165, 1.54) is 0 Å². The standard InChI is InChI=1S/2C7H18N2O6.C7H14.C4H11NO3.2Y/c2*8-5-14-12-3-7(1-10,2-11)4-13-15-6-9;1-5-7(3,4)6-2;5-4-8-7-3-1-2-6;;/h2*10-11H,1-6,8-9H2;3-6H2,1-2H3;6H,1-5H2;;/q;;-2;;;. The number of aliphatic hydroxyl groups is 5. The molecule has 0 fully saturated rings. The molecule has 0 aliphatic carbocycles. The van der Waals surface area contributed by atoms with Crippen LogP contribution in [0.3, 0.4) is 0 Å². The average molecular weight is 850 g/mol. The first-order chi connectivity index (χ1) is 21.5. The van der Waals surface area contributed by atoms with Crippen molar-refractivity contribution < 1.29 is 140 Å². The zero-order chi connectivity index (χ0) is 35.3. The molecule has 22 heteroatoms. The minimum Gasteiger partial charge on any atom is -0.396 e. The summed E-state index contributed by atoms with van der Waals surface area (Å²) in [5, 5.41) is 44.5. The van der Waals surface area contributed by atoms with E-state index in [0.717, 1.165) is 12.8 Å². The van der Waals surface area contributed by atoms with Gasteiger partial charge in [0.2, 0.25) is 0 Å². The summed E-state index contributed by atoms with van der Waals surface area (Å²) in [6, 6.07) is 0. The summed E-state index contributed by atoms with van der Waals surface area (Å²) in [4.78, 5) is 45.1. The summed E-state index contributed by atoms with van der Waals surface area (Å²) < 4.78 is 0. The maximum atomic E-state index is 9.08. The van der Waals surface area contributed by atoms with Crippen molar-refractivity contribution in [3.05, 3.63) is 13.8 Å². The van der Waals surface area contributed by atoms with Crippen molar-refractivity contribution in [1.82, 2.24) is 0 Å². The van der Waals surface area contributed by atoms with E-state index in [4.69, 9.17) is 54.2 Å². The molecule has 0 aromatic heterocycles. The number of nitrogens with two attached hydrogens (primary N) is 5. The quantitative estimate of drug-likeness (QED) is 0.0130. The largest absolute Gasteiger partial charge is 0.396 e. The van der Waals surface area contributed by atoms with Crippen molar-refractivity contribution in [2.45, 2.75) is 33.1 Å². The number of hydrogen-bond donors (Lipinski definition) is 10. The van der Waals surface area contributed by atoms with Gasteiger partial charge in [-0.15, -0.1) is 12.8 Å². The van der Waals surface area contributed by atoms with E-state index in [-0.39, 0.29) is 164 Å². The molecule has 0 aliphatic heterocycles. The van der Waals surface area contributed by atoms with Crippen LogP contribution in [0.4, 0.5) is 0 Å². The van der Waals surface area contributed by atoms with Crippen molar-refractivity contribution in [2.24, 2.45) is 44.9 Å². The van der Waals surface area contributed by atoms with E-state index < -0.39 is 10.8 Å². The molecule has 0 aromatic carbocycles. The zero-order valence-electron chi connectivity index (χ0n) is 28.0. The maximum absolute atomic E-state index is 9.08. The molecule has 0 aliphatic rings. The van der Waals surface area contributed by atoms with Gasteiger partial charge < -0.3 is 68.0 Å². The summed E-state index contributed by atoms with van der Waals surface area (Å²) in [6.45, 7) is 10.4. The summed E-state index contributed by atoms with van der Waals surface area (Å²) in [6.07, 6.45) is 2.73. The molecule has 15 N–H and O–H groups in total. The van der Waals surface area contributed by atoms with Gasteiger partial charge >= 0.3 is 0 Å². The van der Waals surface area contributed by atoms with Crippen LogP contribution in [-0.2, 0) is 114 Å². The molecule has 0 bridgehead atoms. The Morgan fingerprint density at radius 2 is 0.723 bits per heavy atom. The first kappa shape index (κ1) is 60.5. The van der Waals surface area contributed by atoms with Crippen LogP contribution in [0.5, 0.6) is 0 Å². The van der Waals surface area contributed by atoms with Crippen LogP contribution in [0.2, 0.25) is 0 Å². The first-order valence-corrected chi connectivity index (χ1v) is 14.0. The third-order valence-electron chi connectivity index (χ3n) is 5.44. The molecular formula is C25H61N5O15Y2-2. The SMILES string of the molecule is NCOOCC(CO)(CO)COOCN.NCOOCC(CO)(CO)COOCN.NCOOCCCO.[CH2-]C([CH2-])(CC)CC.[Y].[Y]. The minimum atomic E-state index is -1.01. The fourth-order valence-corrected chi connectivity index (χ4v) is 1.89. The minimum absolute atomic E-state index is 0. The Bertz CT molecular complexity index is 497. The Morgan fingerprint density at radius 1 is 0.468 bits per heavy atom.